The van der Waals surface area contributed by atoms with Gasteiger partial charge in [-0.15, -0.1) is 0 Å². The molecule has 0 amide bonds. The molecule has 152 valence electrons. The van der Waals surface area contributed by atoms with Gasteiger partial charge in [-0.2, -0.15) is 0 Å². The molecule has 0 aromatic rings. The van der Waals surface area contributed by atoms with Crippen molar-refractivity contribution in [3.8, 4) is 0 Å². The summed E-state index contributed by atoms with van der Waals surface area (Å²) in [4.78, 5) is 0. The molecule has 0 saturated heterocycles. The van der Waals surface area contributed by atoms with Gasteiger partial charge in [0.25, 0.3) is 0 Å². The van der Waals surface area contributed by atoms with E-state index in [1.54, 1.807) is 0 Å². The van der Waals surface area contributed by atoms with Gasteiger partial charge in [0.1, 0.15) is 0 Å². The van der Waals surface area contributed by atoms with Crippen molar-refractivity contribution < 1.29 is 0 Å². The van der Waals surface area contributed by atoms with E-state index in [0.29, 0.717) is 0 Å². The summed E-state index contributed by atoms with van der Waals surface area (Å²) >= 11 is -2.74. The first-order chi connectivity index (χ1) is 12.7. The van der Waals surface area contributed by atoms with Crippen molar-refractivity contribution in [2.45, 2.75) is 71.8 Å². The Labute approximate surface area is 181 Å². The van der Waals surface area contributed by atoms with Crippen LogP contribution in [-0.4, -0.2) is 21.4 Å². The maximum atomic E-state index is 2.59. The van der Waals surface area contributed by atoms with E-state index in [4.69, 9.17) is 0 Å². The van der Waals surface area contributed by atoms with Crippen molar-refractivity contribution in [1.29, 1.82) is 0 Å². The van der Waals surface area contributed by atoms with Crippen LogP contribution in [0.1, 0.15) is 62.3 Å². The molecular weight excluding hydrogens is 439 g/mol. The molecule has 3 rings (SSSR count). The van der Waals surface area contributed by atoms with Gasteiger partial charge in [-0.1, -0.05) is 0 Å². The van der Waals surface area contributed by atoms with Crippen LogP contribution in [0, 0.1) is 16.2 Å². The fraction of sp³-hybridized carbons (Fsp3) is 0.556. The van der Waals surface area contributed by atoms with Crippen LogP contribution in [0.25, 0.3) is 0 Å². The molecule has 1 heteroatoms. The van der Waals surface area contributed by atoms with E-state index < -0.39 is 21.4 Å². The third kappa shape index (κ3) is 2.94. The first-order valence-corrected chi connectivity index (χ1v) is 15.8. The van der Waals surface area contributed by atoms with Crippen LogP contribution in [-0.2, 0) is 0 Å². The molecule has 0 unspecified atom stereocenters. The molecule has 3 aliphatic rings. The fourth-order valence-corrected chi connectivity index (χ4v) is 25.4. The van der Waals surface area contributed by atoms with Gasteiger partial charge in [0.2, 0.25) is 0 Å². The summed E-state index contributed by atoms with van der Waals surface area (Å²) in [5.41, 5.74) is 0.548. The van der Waals surface area contributed by atoms with Gasteiger partial charge in [-0.3, -0.25) is 0 Å². The summed E-state index contributed by atoms with van der Waals surface area (Å²) in [5.74, 6) is 0. The Bertz CT molecular complexity index is 645. The molecule has 0 aromatic carbocycles. The molecular formula is C27H39In-2. The zero-order valence-electron chi connectivity index (χ0n) is 19.5. The number of rotatable bonds is 3. The van der Waals surface area contributed by atoms with Crippen LogP contribution in [0.4, 0.5) is 0 Å². The number of hydrogen-bond donors (Lipinski definition) is 0. The molecule has 0 nitrogen and oxygen atoms in total. The molecule has 0 N–H and O–H groups in total. The Morgan fingerprint density at radius 3 is 0.714 bits per heavy atom. The van der Waals surface area contributed by atoms with Gasteiger partial charge >= 0.3 is 182 Å². The first kappa shape index (κ1) is 22.0. The van der Waals surface area contributed by atoms with E-state index in [0.717, 1.165) is 0 Å². The van der Waals surface area contributed by atoms with Gasteiger partial charge < -0.3 is 0 Å². The summed E-state index contributed by atoms with van der Waals surface area (Å²) in [7, 11) is 0. The van der Waals surface area contributed by atoms with Crippen LogP contribution in [0.5, 0.6) is 0 Å². The zero-order valence-corrected chi connectivity index (χ0v) is 22.8. The van der Waals surface area contributed by atoms with Gasteiger partial charge in [-0.05, 0) is 0 Å². The monoisotopic (exact) mass is 478 g/mol. The van der Waals surface area contributed by atoms with Crippen LogP contribution in [0.2, 0.25) is 9.51 Å². The molecule has 0 saturated carbocycles. The average molecular weight is 478 g/mol. The molecule has 0 atom stereocenters. The zero-order chi connectivity index (χ0) is 21.1. The summed E-state index contributed by atoms with van der Waals surface area (Å²) < 4.78 is 0.480. The molecule has 0 spiro atoms. The van der Waals surface area contributed by atoms with E-state index in [1.165, 1.54) is 0 Å². The molecule has 0 heterocycles. The fourth-order valence-electron chi connectivity index (χ4n) is 6.02. The van der Waals surface area contributed by atoms with Gasteiger partial charge in [0.05, 0.1) is 0 Å². The van der Waals surface area contributed by atoms with E-state index >= 15 is 0 Å². The van der Waals surface area contributed by atoms with Gasteiger partial charge in [0, 0.05) is 0 Å². The second kappa shape index (κ2) is 6.66. The second-order valence-electron chi connectivity index (χ2n) is 12.1. The summed E-state index contributed by atoms with van der Waals surface area (Å²) in [5, 5.41) is 0. The van der Waals surface area contributed by atoms with Crippen LogP contribution in [0.3, 0.4) is 0 Å². The third-order valence-electron chi connectivity index (χ3n) is 7.90. The summed E-state index contributed by atoms with van der Waals surface area (Å²) in [6, 6.07) is 0. The molecule has 0 bridgehead atoms. The predicted molar refractivity (Wildman–Crippen MR) is 127 cm³/mol. The molecule has 3 aliphatic carbocycles. The van der Waals surface area contributed by atoms with Crippen molar-refractivity contribution in [2.24, 2.45) is 16.2 Å². The second-order valence-corrected chi connectivity index (χ2v) is 22.8. The minimum atomic E-state index is -2.74. The molecule has 28 heavy (non-hydrogen) atoms. The Kier molecular flexibility index (Phi) is 5.23. The van der Waals surface area contributed by atoms with Crippen LogP contribution < -0.4 is 0 Å². The SMILES string of the molecule is CC(C)(C)[C]1([In-2]([C]2(C(C)(C)C)C=CC=C2)[C]2(C(C)(C)C)C=CC=C2)C=CC=C1. The molecule has 0 fully saturated rings. The predicted octanol–water partition coefficient (Wildman–Crippen LogP) is 8.22. The Morgan fingerprint density at radius 1 is 0.393 bits per heavy atom. The van der Waals surface area contributed by atoms with E-state index in [1.807, 2.05) is 0 Å². The summed E-state index contributed by atoms with van der Waals surface area (Å²) in [6.07, 6.45) is 29.5. The van der Waals surface area contributed by atoms with Gasteiger partial charge in [-0.25, -0.2) is 0 Å². The molecule has 0 aromatic heterocycles. The maximum absolute atomic E-state index is 2.74. The minimum absolute atomic E-state index is 0.160. The quantitative estimate of drug-likeness (QED) is 0.383. The van der Waals surface area contributed by atoms with Crippen molar-refractivity contribution in [2.75, 3.05) is 0 Å². The van der Waals surface area contributed by atoms with Crippen molar-refractivity contribution in [1.82, 2.24) is 0 Å². The van der Waals surface area contributed by atoms with E-state index in [-0.39, 0.29) is 25.8 Å². The van der Waals surface area contributed by atoms with E-state index in [9.17, 15) is 0 Å². The van der Waals surface area contributed by atoms with Gasteiger partial charge in [0.15, 0.2) is 0 Å². The number of allylic oxidation sites excluding steroid dienone is 12. The Balaban J connectivity index is 2.44. The Hall–Kier alpha value is -0.690. The number of hydrogen-bond acceptors (Lipinski definition) is 0. The van der Waals surface area contributed by atoms with Crippen LogP contribution >= 0.6 is 0 Å². The summed E-state index contributed by atoms with van der Waals surface area (Å²) in [6.45, 7) is 22.2. The standard InChI is InChI=1S/3C9H13.In/c3*1-9(2,3)8-6-4-5-7-8;/h3*4-7H,1-3H3;/q;;;-2. The van der Waals surface area contributed by atoms with Crippen LogP contribution in [0.15, 0.2) is 72.9 Å². The first-order valence-electron chi connectivity index (χ1n) is 10.8. The van der Waals surface area contributed by atoms with Crippen molar-refractivity contribution in [3.05, 3.63) is 72.9 Å². The molecule has 0 aliphatic heterocycles. The molecule has 0 radical (unpaired) electrons. The van der Waals surface area contributed by atoms with Crippen molar-refractivity contribution in [3.63, 3.8) is 0 Å². The Morgan fingerprint density at radius 2 is 0.571 bits per heavy atom. The average Bonchev–Trinajstić information content (AvgIpc) is 3.27. The normalized spacial score (nSPS) is 24.2. The topological polar surface area (TPSA) is 0 Å². The van der Waals surface area contributed by atoms with E-state index in [2.05, 4.69) is 135 Å². The third-order valence-corrected chi connectivity index (χ3v) is 26.8. The van der Waals surface area contributed by atoms with Crippen molar-refractivity contribution >= 4 is 21.4 Å².